The Balaban J connectivity index is 1.69. The van der Waals surface area contributed by atoms with Crippen molar-refractivity contribution >= 4 is 16.9 Å². The molecule has 1 aromatic heterocycles. The van der Waals surface area contributed by atoms with Gasteiger partial charge in [-0.3, -0.25) is 4.79 Å². The molecule has 0 aliphatic heterocycles. The van der Waals surface area contributed by atoms with Crippen molar-refractivity contribution in [2.75, 3.05) is 7.11 Å². The third-order valence-electron chi connectivity index (χ3n) is 4.11. The van der Waals surface area contributed by atoms with Crippen LogP contribution in [0.3, 0.4) is 0 Å². The molecular formula is C19H20N2O3. The third-order valence-corrected chi connectivity index (χ3v) is 4.11. The number of H-pyrrole nitrogens is 1. The fraction of sp³-hybridized carbons (Fsp3) is 0.211. The SMILES string of the molecule is COc1ccc(CNC(Cc2c[nH]c3ccccc23)C(=O)O)cc1. The minimum Gasteiger partial charge on any atom is -0.497 e. The van der Waals surface area contributed by atoms with E-state index in [1.807, 2.05) is 54.7 Å². The van der Waals surface area contributed by atoms with E-state index < -0.39 is 12.0 Å². The zero-order chi connectivity index (χ0) is 16.9. The van der Waals surface area contributed by atoms with E-state index in [1.165, 1.54) is 0 Å². The first kappa shape index (κ1) is 16.1. The Bertz CT molecular complexity index is 824. The molecule has 5 heteroatoms. The van der Waals surface area contributed by atoms with Gasteiger partial charge in [0, 0.05) is 30.1 Å². The topological polar surface area (TPSA) is 74.3 Å². The molecule has 1 heterocycles. The van der Waals surface area contributed by atoms with E-state index in [4.69, 9.17) is 4.74 Å². The normalized spacial score (nSPS) is 12.2. The van der Waals surface area contributed by atoms with Crippen LogP contribution in [0.25, 0.3) is 10.9 Å². The molecule has 3 N–H and O–H groups in total. The van der Waals surface area contributed by atoms with Gasteiger partial charge in [0.15, 0.2) is 0 Å². The molecule has 3 rings (SSSR count). The van der Waals surface area contributed by atoms with Crippen molar-refractivity contribution in [3.05, 3.63) is 65.9 Å². The average molecular weight is 324 g/mol. The molecule has 3 aromatic rings. The van der Waals surface area contributed by atoms with Crippen LogP contribution >= 0.6 is 0 Å². The highest BCUT2D eigenvalue weighted by Crippen LogP contribution is 2.19. The van der Waals surface area contributed by atoms with E-state index in [-0.39, 0.29) is 0 Å². The van der Waals surface area contributed by atoms with Crippen molar-refractivity contribution in [3.8, 4) is 5.75 Å². The van der Waals surface area contributed by atoms with Gasteiger partial charge in [0.25, 0.3) is 0 Å². The summed E-state index contributed by atoms with van der Waals surface area (Å²) in [5, 5.41) is 13.7. The van der Waals surface area contributed by atoms with Gasteiger partial charge >= 0.3 is 5.97 Å². The van der Waals surface area contributed by atoms with Crippen LogP contribution in [0.5, 0.6) is 5.75 Å². The van der Waals surface area contributed by atoms with Gasteiger partial charge in [-0.2, -0.15) is 0 Å². The van der Waals surface area contributed by atoms with Crippen LogP contribution < -0.4 is 10.1 Å². The van der Waals surface area contributed by atoms with Crippen LogP contribution in [0, 0.1) is 0 Å². The number of carboxylic acid groups (broad SMARTS) is 1. The van der Waals surface area contributed by atoms with Crippen molar-refractivity contribution in [2.45, 2.75) is 19.0 Å². The maximum Gasteiger partial charge on any atom is 0.321 e. The monoisotopic (exact) mass is 324 g/mol. The van der Waals surface area contributed by atoms with Gasteiger partial charge in [0.2, 0.25) is 0 Å². The average Bonchev–Trinajstić information content (AvgIpc) is 3.02. The molecule has 0 aliphatic carbocycles. The van der Waals surface area contributed by atoms with E-state index in [9.17, 15) is 9.90 Å². The van der Waals surface area contributed by atoms with Gasteiger partial charge in [0.1, 0.15) is 11.8 Å². The van der Waals surface area contributed by atoms with Gasteiger partial charge < -0.3 is 20.1 Å². The Kier molecular flexibility index (Phi) is 4.82. The fourth-order valence-electron chi connectivity index (χ4n) is 2.75. The summed E-state index contributed by atoms with van der Waals surface area (Å²) in [4.78, 5) is 14.8. The molecule has 0 radical (unpaired) electrons. The van der Waals surface area contributed by atoms with Gasteiger partial charge in [-0.05, 0) is 29.3 Å². The molecular weight excluding hydrogens is 304 g/mol. The molecule has 1 unspecified atom stereocenters. The summed E-state index contributed by atoms with van der Waals surface area (Å²) in [7, 11) is 1.62. The highest BCUT2D eigenvalue weighted by atomic mass is 16.5. The molecule has 0 aliphatic rings. The number of carboxylic acids is 1. The minimum atomic E-state index is -0.853. The maximum absolute atomic E-state index is 11.6. The number of hydrogen-bond donors (Lipinski definition) is 3. The lowest BCUT2D eigenvalue weighted by atomic mass is 10.0. The Morgan fingerprint density at radius 3 is 2.67 bits per heavy atom. The van der Waals surface area contributed by atoms with Crippen molar-refractivity contribution in [1.29, 1.82) is 0 Å². The number of fused-ring (bicyclic) bond motifs is 1. The Morgan fingerprint density at radius 1 is 1.21 bits per heavy atom. The molecule has 0 amide bonds. The number of aromatic amines is 1. The summed E-state index contributed by atoms with van der Waals surface area (Å²) in [6.07, 6.45) is 2.31. The van der Waals surface area contributed by atoms with Gasteiger partial charge in [0.05, 0.1) is 7.11 Å². The van der Waals surface area contributed by atoms with E-state index in [1.54, 1.807) is 7.11 Å². The van der Waals surface area contributed by atoms with E-state index in [0.717, 1.165) is 27.8 Å². The smallest absolute Gasteiger partial charge is 0.321 e. The lowest BCUT2D eigenvalue weighted by Crippen LogP contribution is -2.38. The van der Waals surface area contributed by atoms with Gasteiger partial charge in [-0.1, -0.05) is 30.3 Å². The first-order chi connectivity index (χ1) is 11.7. The molecule has 0 saturated carbocycles. The third kappa shape index (κ3) is 3.58. The maximum atomic E-state index is 11.6. The summed E-state index contributed by atoms with van der Waals surface area (Å²) in [6.45, 7) is 0.489. The number of para-hydroxylation sites is 1. The molecule has 24 heavy (non-hydrogen) atoms. The summed E-state index contributed by atoms with van der Waals surface area (Å²) >= 11 is 0. The highest BCUT2D eigenvalue weighted by Gasteiger charge is 2.19. The molecule has 1 atom stereocenters. The van der Waals surface area contributed by atoms with Crippen LogP contribution in [0.2, 0.25) is 0 Å². The minimum absolute atomic E-state index is 0.426. The number of hydrogen-bond acceptors (Lipinski definition) is 3. The number of nitrogens with one attached hydrogen (secondary N) is 2. The predicted molar refractivity (Wildman–Crippen MR) is 93.3 cm³/mol. The molecule has 0 bridgehead atoms. The fourth-order valence-corrected chi connectivity index (χ4v) is 2.75. The molecule has 0 fully saturated rings. The molecule has 2 aromatic carbocycles. The highest BCUT2D eigenvalue weighted by molar-refractivity contribution is 5.84. The van der Waals surface area contributed by atoms with Gasteiger partial charge in [-0.15, -0.1) is 0 Å². The first-order valence-corrected chi connectivity index (χ1v) is 7.81. The summed E-state index contributed by atoms with van der Waals surface area (Å²) in [5.74, 6) is -0.0684. The molecule has 0 saturated heterocycles. The van der Waals surface area contributed by atoms with E-state index >= 15 is 0 Å². The number of rotatable bonds is 7. The first-order valence-electron chi connectivity index (χ1n) is 7.81. The lowest BCUT2D eigenvalue weighted by molar-refractivity contribution is -0.139. The van der Waals surface area contributed by atoms with E-state index in [2.05, 4.69) is 10.3 Å². The predicted octanol–water partition coefficient (Wildman–Crippen LogP) is 2.96. The number of aromatic nitrogens is 1. The number of aliphatic carboxylic acids is 1. The van der Waals surface area contributed by atoms with Crippen LogP contribution in [-0.4, -0.2) is 29.2 Å². The largest absolute Gasteiger partial charge is 0.497 e. The number of ether oxygens (including phenoxy) is 1. The van der Waals surface area contributed by atoms with Gasteiger partial charge in [-0.25, -0.2) is 0 Å². The Labute approximate surface area is 140 Å². The number of methoxy groups -OCH3 is 1. The second-order valence-corrected chi connectivity index (χ2v) is 5.68. The summed E-state index contributed by atoms with van der Waals surface area (Å²) in [5.41, 5.74) is 3.04. The van der Waals surface area contributed by atoms with E-state index in [0.29, 0.717) is 13.0 Å². The van der Waals surface area contributed by atoms with Crippen LogP contribution in [0.1, 0.15) is 11.1 Å². The van der Waals surface area contributed by atoms with Crippen molar-refractivity contribution in [1.82, 2.24) is 10.3 Å². The second-order valence-electron chi connectivity index (χ2n) is 5.68. The molecule has 124 valence electrons. The number of benzene rings is 2. The zero-order valence-corrected chi connectivity index (χ0v) is 13.5. The van der Waals surface area contributed by atoms with Crippen LogP contribution in [0.4, 0.5) is 0 Å². The quantitative estimate of drug-likeness (QED) is 0.625. The van der Waals surface area contributed by atoms with Crippen LogP contribution in [-0.2, 0) is 17.8 Å². The molecule has 5 nitrogen and oxygen atoms in total. The number of carbonyl (C=O) groups is 1. The Hall–Kier alpha value is -2.79. The van der Waals surface area contributed by atoms with Crippen molar-refractivity contribution in [3.63, 3.8) is 0 Å². The standard InChI is InChI=1S/C19H20N2O3/c1-24-15-8-6-13(7-9-15)11-20-18(19(22)23)10-14-12-21-17-5-3-2-4-16(14)17/h2-9,12,18,20-21H,10-11H2,1H3,(H,22,23). The van der Waals surface area contributed by atoms with Crippen molar-refractivity contribution < 1.29 is 14.6 Å². The lowest BCUT2D eigenvalue weighted by Gasteiger charge is -2.14. The van der Waals surface area contributed by atoms with Crippen molar-refractivity contribution in [2.24, 2.45) is 0 Å². The summed E-state index contributed by atoms with van der Waals surface area (Å²) in [6, 6.07) is 14.8. The zero-order valence-electron chi connectivity index (χ0n) is 13.5. The summed E-state index contributed by atoms with van der Waals surface area (Å²) < 4.78 is 5.13. The van der Waals surface area contributed by atoms with Crippen LogP contribution in [0.15, 0.2) is 54.7 Å². The molecule has 0 spiro atoms. The Morgan fingerprint density at radius 2 is 1.96 bits per heavy atom. The second kappa shape index (κ2) is 7.19.